The molecule has 106 valence electrons. The van der Waals surface area contributed by atoms with Gasteiger partial charge in [-0.15, -0.1) is 0 Å². The highest BCUT2D eigenvalue weighted by Crippen LogP contribution is 2.43. The van der Waals surface area contributed by atoms with Crippen molar-refractivity contribution in [3.05, 3.63) is 46.0 Å². The molecule has 0 atom stereocenters. The third-order valence-corrected chi connectivity index (χ3v) is 3.61. The number of carbonyl (C=O) groups excluding carboxylic acids is 2. The standard InChI is InChI=1S/C15H10O6/c1-5-9(18)4-6-10(13(5)19)15(21)12-8(17)3-2-7(16)11(12)14(6)20/h2-4,16-19H,1H3. The molecule has 6 nitrogen and oxygen atoms in total. The number of carbonyl (C=O) groups is 2. The Labute approximate surface area is 118 Å². The molecule has 0 aliphatic heterocycles. The molecule has 2 aromatic rings. The lowest BCUT2D eigenvalue weighted by molar-refractivity contribution is 0.0971. The lowest BCUT2D eigenvalue weighted by atomic mass is 9.81. The van der Waals surface area contributed by atoms with E-state index in [-0.39, 0.29) is 33.6 Å². The van der Waals surface area contributed by atoms with Crippen molar-refractivity contribution < 1.29 is 30.0 Å². The zero-order chi connectivity index (χ0) is 15.5. The highest BCUT2D eigenvalue weighted by atomic mass is 16.3. The summed E-state index contributed by atoms with van der Waals surface area (Å²) in [6.07, 6.45) is 0. The first-order valence-corrected chi connectivity index (χ1v) is 6.04. The third kappa shape index (κ3) is 1.53. The summed E-state index contributed by atoms with van der Waals surface area (Å²) >= 11 is 0. The molecule has 0 saturated heterocycles. The molecule has 0 amide bonds. The van der Waals surface area contributed by atoms with Gasteiger partial charge in [-0.1, -0.05) is 0 Å². The van der Waals surface area contributed by atoms with Crippen LogP contribution in [0.3, 0.4) is 0 Å². The number of rotatable bonds is 0. The minimum Gasteiger partial charge on any atom is -0.508 e. The highest BCUT2D eigenvalue weighted by Gasteiger charge is 2.37. The Morgan fingerprint density at radius 3 is 1.86 bits per heavy atom. The molecule has 0 radical (unpaired) electrons. The van der Waals surface area contributed by atoms with E-state index in [4.69, 9.17) is 0 Å². The van der Waals surface area contributed by atoms with Crippen molar-refractivity contribution in [2.75, 3.05) is 0 Å². The normalized spacial score (nSPS) is 13.0. The molecule has 0 unspecified atom stereocenters. The summed E-state index contributed by atoms with van der Waals surface area (Å²) in [7, 11) is 0. The van der Waals surface area contributed by atoms with E-state index in [0.717, 1.165) is 18.2 Å². The Kier molecular flexibility index (Phi) is 2.47. The van der Waals surface area contributed by atoms with Gasteiger partial charge in [0.1, 0.15) is 23.0 Å². The fourth-order valence-corrected chi connectivity index (χ4v) is 2.46. The van der Waals surface area contributed by atoms with Gasteiger partial charge in [-0.25, -0.2) is 0 Å². The van der Waals surface area contributed by atoms with Crippen LogP contribution in [0.15, 0.2) is 18.2 Å². The lowest BCUT2D eigenvalue weighted by Gasteiger charge is -2.21. The maximum atomic E-state index is 12.4. The number of hydrogen-bond acceptors (Lipinski definition) is 6. The van der Waals surface area contributed by atoms with Crippen molar-refractivity contribution in [1.29, 1.82) is 0 Å². The quantitative estimate of drug-likeness (QED) is 0.466. The molecule has 0 aromatic heterocycles. The zero-order valence-corrected chi connectivity index (χ0v) is 10.8. The first-order valence-electron chi connectivity index (χ1n) is 6.04. The largest absolute Gasteiger partial charge is 0.508 e. The van der Waals surface area contributed by atoms with Crippen LogP contribution in [0.2, 0.25) is 0 Å². The Bertz CT molecular complexity index is 835. The van der Waals surface area contributed by atoms with Gasteiger partial charge in [0.2, 0.25) is 5.78 Å². The average molecular weight is 286 g/mol. The van der Waals surface area contributed by atoms with Crippen molar-refractivity contribution in [3.8, 4) is 23.0 Å². The van der Waals surface area contributed by atoms with E-state index in [9.17, 15) is 30.0 Å². The van der Waals surface area contributed by atoms with Crippen LogP contribution in [0, 0.1) is 6.92 Å². The Balaban J connectivity index is 2.45. The molecule has 2 aromatic carbocycles. The zero-order valence-electron chi connectivity index (χ0n) is 10.8. The van der Waals surface area contributed by atoms with E-state index in [1.807, 2.05) is 0 Å². The van der Waals surface area contributed by atoms with Crippen LogP contribution >= 0.6 is 0 Å². The van der Waals surface area contributed by atoms with Crippen molar-refractivity contribution in [1.82, 2.24) is 0 Å². The fraction of sp³-hybridized carbons (Fsp3) is 0.0667. The Morgan fingerprint density at radius 2 is 1.29 bits per heavy atom. The molecule has 0 fully saturated rings. The molecule has 0 saturated carbocycles. The molecule has 3 rings (SSSR count). The number of phenolic OH excluding ortho intramolecular Hbond substituents is 4. The molecule has 21 heavy (non-hydrogen) atoms. The Morgan fingerprint density at radius 1 is 0.762 bits per heavy atom. The molecule has 0 bridgehead atoms. The SMILES string of the molecule is Cc1c(O)cc2c(c1O)C(=O)c1c(O)ccc(O)c1C2=O. The predicted molar refractivity (Wildman–Crippen MR) is 71.1 cm³/mol. The topological polar surface area (TPSA) is 115 Å². The maximum absolute atomic E-state index is 12.4. The van der Waals surface area contributed by atoms with Gasteiger partial charge in [0, 0.05) is 11.1 Å². The van der Waals surface area contributed by atoms with Gasteiger partial charge in [-0.2, -0.15) is 0 Å². The van der Waals surface area contributed by atoms with Crippen LogP contribution in [0.5, 0.6) is 23.0 Å². The van der Waals surface area contributed by atoms with E-state index in [1.54, 1.807) is 0 Å². The van der Waals surface area contributed by atoms with Crippen molar-refractivity contribution in [2.45, 2.75) is 6.92 Å². The maximum Gasteiger partial charge on any atom is 0.202 e. The summed E-state index contributed by atoms with van der Waals surface area (Å²) in [6.45, 7) is 1.39. The number of aromatic hydroxyl groups is 4. The van der Waals surface area contributed by atoms with Gasteiger partial charge >= 0.3 is 0 Å². The highest BCUT2D eigenvalue weighted by molar-refractivity contribution is 6.31. The average Bonchev–Trinajstić information content (AvgIpc) is 2.44. The van der Waals surface area contributed by atoms with Crippen molar-refractivity contribution in [2.24, 2.45) is 0 Å². The molecule has 0 spiro atoms. The second-order valence-electron chi connectivity index (χ2n) is 4.80. The van der Waals surface area contributed by atoms with Crippen LogP contribution in [-0.2, 0) is 0 Å². The molecular weight excluding hydrogens is 276 g/mol. The van der Waals surface area contributed by atoms with E-state index in [2.05, 4.69) is 0 Å². The number of benzene rings is 2. The minimum absolute atomic E-state index is 0.0537. The van der Waals surface area contributed by atoms with E-state index in [1.165, 1.54) is 6.92 Å². The first kappa shape index (κ1) is 13.0. The third-order valence-electron chi connectivity index (χ3n) is 3.61. The van der Waals surface area contributed by atoms with Gasteiger partial charge in [0.15, 0.2) is 5.78 Å². The second-order valence-corrected chi connectivity index (χ2v) is 4.80. The minimum atomic E-state index is -0.784. The summed E-state index contributed by atoms with van der Waals surface area (Å²) in [5.74, 6) is -3.30. The summed E-state index contributed by atoms with van der Waals surface area (Å²) in [5, 5.41) is 39.3. The number of phenols is 4. The van der Waals surface area contributed by atoms with Crippen LogP contribution < -0.4 is 0 Å². The molecule has 0 heterocycles. The van der Waals surface area contributed by atoms with E-state index < -0.39 is 28.8 Å². The molecule has 1 aliphatic rings. The van der Waals surface area contributed by atoms with E-state index in [0.29, 0.717) is 0 Å². The van der Waals surface area contributed by atoms with Gasteiger partial charge in [0.05, 0.1) is 16.7 Å². The predicted octanol–water partition coefficient (Wildman–Crippen LogP) is 1.59. The second kappa shape index (κ2) is 3.99. The number of hydrogen-bond donors (Lipinski definition) is 4. The molecule has 6 heteroatoms. The van der Waals surface area contributed by atoms with Crippen LogP contribution in [-0.4, -0.2) is 32.0 Å². The molecule has 1 aliphatic carbocycles. The summed E-state index contributed by atoms with van der Waals surface area (Å²) < 4.78 is 0. The first-order chi connectivity index (χ1) is 9.84. The van der Waals surface area contributed by atoms with Gasteiger partial charge < -0.3 is 20.4 Å². The molecule has 4 N–H and O–H groups in total. The lowest BCUT2D eigenvalue weighted by Crippen LogP contribution is -2.21. The number of ketones is 2. The van der Waals surface area contributed by atoms with Gasteiger partial charge in [-0.05, 0) is 25.1 Å². The fourth-order valence-electron chi connectivity index (χ4n) is 2.46. The summed E-state index contributed by atoms with van der Waals surface area (Å²) in [4.78, 5) is 24.8. The van der Waals surface area contributed by atoms with Crippen LogP contribution in [0.25, 0.3) is 0 Å². The van der Waals surface area contributed by atoms with Crippen LogP contribution in [0.4, 0.5) is 0 Å². The monoisotopic (exact) mass is 286 g/mol. The van der Waals surface area contributed by atoms with Gasteiger partial charge in [0.25, 0.3) is 0 Å². The van der Waals surface area contributed by atoms with Crippen LogP contribution in [0.1, 0.15) is 37.4 Å². The molecular formula is C15H10O6. The summed E-state index contributed by atoms with van der Waals surface area (Å²) in [6, 6.07) is 3.25. The Hall–Kier alpha value is -3.02. The smallest absolute Gasteiger partial charge is 0.202 e. The van der Waals surface area contributed by atoms with Gasteiger partial charge in [-0.3, -0.25) is 9.59 Å². The van der Waals surface area contributed by atoms with Crippen molar-refractivity contribution >= 4 is 11.6 Å². The summed E-state index contributed by atoms with van der Waals surface area (Å²) in [5.41, 5.74) is -1.14. The van der Waals surface area contributed by atoms with E-state index >= 15 is 0 Å². The van der Waals surface area contributed by atoms with Crippen molar-refractivity contribution in [3.63, 3.8) is 0 Å². The number of fused-ring (bicyclic) bond motifs is 2.